The Labute approximate surface area is 104 Å². The number of benzene rings is 1. The minimum atomic E-state index is -3.38. The van der Waals surface area contributed by atoms with Crippen molar-refractivity contribution in [3.63, 3.8) is 0 Å². The van der Waals surface area contributed by atoms with Crippen LogP contribution in [0.1, 0.15) is 5.56 Å². The van der Waals surface area contributed by atoms with Gasteiger partial charge in [-0.05, 0) is 18.2 Å². The molecule has 7 heteroatoms. The Bertz CT molecular complexity index is 590. The van der Waals surface area contributed by atoms with E-state index in [0.29, 0.717) is 5.56 Å². The van der Waals surface area contributed by atoms with E-state index in [9.17, 15) is 13.2 Å². The lowest BCUT2D eigenvalue weighted by atomic mass is 10.2. The summed E-state index contributed by atoms with van der Waals surface area (Å²) in [5.41, 5.74) is 0.635. The van der Waals surface area contributed by atoms with Crippen LogP contribution in [-0.2, 0) is 14.6 Å². The normalized spacial score (nSPS) is 10.6. The van der Waals surface area contributed by atoms with Crippen LogP contribution in [0.3, 0.4) is 0 Å². The van der Waals surface area contributed by atoms with Crippen molar-refractivity contribution in [1.29, 1.82) is 5.26 Å². The third kappa shape index (κ3) is 4.43. The Morgan fingerprint density at radius 2 is 2.18 bits per heavy atom. The van der Waals surface area contributed by atoms with E-state index in [-0.39, 0.29) is 10.7 Å². The summed E-state index contributed by atoms with van der Waals surface area (Å²) >= 11 is 5.81. The molecule has 0 heterocycles. The molecule has 0 aliphatic rings. The summed E-state index contributed by atoms with van der Waals surface area (Å²) in [6.45, 7) is 0. The molecule has 0 aromatic heterocycles. The predicted octanol–water partition coefficient (Wildman–Crippen LogP) is 1.19. The maximum Gasteiger partial charge on any atom is 0.239 e. The van der Waals surface area contributed by atoms with Crippen molar-refractivity contribution in [3.05, 3.63) is 28.8 Å². The zero-order valence-electron chi connectivity index (χ0n) is 8.90. The van der Waals surface area contributed by atoms with E-state index in [1.54, 1.807) is 0 Å². The average Bonchev–Trinajstić information content (AvgIpc) is 2.18. The van der Waals surface area contributed by atoms with Crippen molar-refractivity contribution in [2.24, 2.45) is 0 Å². The summed E-state index contributed by atoms with van der Waals surface area (Å²) in [7, 11) is -3.38. The maximum absolute atomic E-state index is 11.3. The van der Waals surface area contributed by atoms with Gasteiger partial charge in [-0.25, -0.2) is 8.42 Å². The number of halogens is 1. The molecule has 0 saturated heterocycles. The highest BCUT2D eigenvalue weighted by Crippen LogP contribution is 2.22. The molecule has 17 heavy (non-hydrogen) atoms. The van der Waals surface area contributed by atoms with Gasteiger partial charge in [-0.1, -0.05) is 11.6 Å². The van der Waals surface area contributed by atoms with Crippen LogP contribution in [-0.4, -0.2) is 26.3 Å². The number of hydrogen-bond acceptors (Lipinski definition) is 4. The number of amides is 1. The molecular formula is C10H9ClN2O3S. The molecule has 1 N–H and O–H groups in total. The average molecular weight is 273 g/mol. The Morgan fingerprint density at radius 1 is 1.53 bits per heavy atom. The fourth-order valence-corrected chi connectivity index (χ4v) is 1.89. The Kier molecular flexibility index (Phi) is 4.10. The SMILES string of the molecule is CS(=O)(=O)CC(=O)Nc1ccc(C#N)cc1Cl. The summed E-state index contributed by atoms with van der Waals surface area (Å²) in [6.07, 6.45) is 0.965. The van der Waals surface area contributed by atoms with Crippen LogP contribution in [0.5, 0.6) is 0 Å². The van der Waals surface area contributed by atoms with Gasteiger partial charge in [-0.2, -0.15) is 5.26 Å². The van der Waals surface area contributed by atoms with Gasteiger partial charge >= 0.3 is 0 Å². The minimum absolute atomic E-state index is 0.186. The van der Waals surface area contributed by atoms with Crippen LogP contribution in [0.4, 0.5) is 5.69 Å². The fraction of sp³-hybridized carbons (Fsp3) is 0.200. The number of rotatable bonds is 3. The number of nitrogens with one attached hydrogen (secondary N) is 1. The lowest BCUT2D eigenvalue weighted by Crippen LogP contribution is -2.22. The summed E-state index contributed by atoms with van der Waals surface area (Å²) in [4.78, 5) is 11.3. The lowest BCUT2D eigenvalue weighted by molar-refractivity contribution is -0.113. The molecule has 1 amide bonds. The van der Waals surface area contributed by atoms with Crippen LogP contribution in [0.15, 0.2) is 18.2 Å². The monoisotopic (exact) mass is 272 g/mol. The first-order valence-electron chi connectivity index (χ1n) is 4.49. The molecule has 0 bridgehead atoms. The largest absolute Gasteiger partial charge is 0.324 e. The van der Waals surface area contributed by atoms with Crippen LogP contribution >= 0.6 is 11.6 Å². The molecule has 0 unspecified atom stereocenters. The van der Waals surface area contributed by atoms with E-state index < -0.39 is 21.5 Å². The number of nitriles is 1. The molecule has 0 aliphatic carbocycles. The molecule has 5 nitrogen and oxygen atoms in total. The summed E-state index contributed by atoms with van der Waals surface area (Å²) in [5.74, 6) is -1.28. The zero-order chi connectivity index (χ0) is 13.1. The van der Waals surface area contributed by atoms with E-state index in [1.165, 1.54) is 18.2 Å². The van der Waals surface area contributed by atoms with Gasteiger partial charge in [0.25, 0.3) is 0 Å². The number of anilines is 1. The van der Waals surface area contributed by atoms with Crippen molar-refractivity contribution in [3.8, 4) is 6.07 Å². The first-order chi connectivity index (χ1) is 7.81. The number of carbonyl (C=O) groups is 1. The van der Waals surface area contributed by atoms with Crippen LogP contribution in [0.2, 0.25) is 5.02 Å². The second kappa shape index (κ2) is 5.17. The first kappa shape index (κ1) is 13.5. The van der Waals surface area contributed by atoms with E-state index in [2.05, 4.69) is 5.32 Å². The highest BCUT2D eigenvalue weighted by molar-refractivity contribution is 7.91. The van der Waals surface area contributed by atoms with Crippen LogP contribution < -0.4 is 5.32 Å². The molecule has 1 rings (SSSR count). The van der Waals surface area contributed by atoms with Gasteiger partial charge in [0.15, 0.2) is 9.84 Å². The van der Waals surface area contributed by atoms with Gasteiger partial charge in [0.05, 0.1) is 22.3 Å². The van der Waals surface area contributed by atoms with E-state index >= 15 is 0 Å². The summed E-state index contributed by atoms with van der Waals surface area (Å²) in [5, 5.41) is 11.2. The Hall–Kier alpha value is -1.58. The molecule has 0 spiro atoms. The van der Waals surface area contributed by atoms with Crippen LogP contribution in [0.25, 0.3) is 0 Å². The van der Waals surface area contributed by atoms with Crippen molar-refractivity contribution in [2.45, 2.75) is 0 Å². The maximum atomic E-state index is 11.3. The second-order valence-corrected chi connectivity index (χ2v) is 5.97. The van der Waals surface area contributed by atoms with Crippen molar-refractivity contribution in [2.75, 3.05) is 17.3 Å². The highest BCUT2D eigenvalue weighted by Gasteiger charge is 2.12. The quantitative estimate of drug-likeness (QED) is 0.895. The molecule has 0 saturated carbocycles. The van der Waals surface area contributed by atoms with Gasteiger partial charge in [0, 0.05) is 6.26 Å². The van der Waals surface area contributed by atoms with Gasteiger partial charge in [0.2, 0.25) is 5.91 Å². The number of carbonyl (C=O) groups excluding carboxylic acids is 1. The van der Waals surface area contributed by atoms with E-state index in [4.69, 9.17) is 16.9 Å². The van der Waals surface area contributed by atoms with Gasteiger partial charge < -0.3 is 5.32 Å². The molecule has 1 aromatic rings. The summed E-state index contributed by atoms with van der Waals surface area (Å²) < 4.78 is 21.8. The lowest BCUT2D eigenvalue weighted by Gasteiger charge is -2.06. The van der Waals surface area contributed by atoms with Gasteiger partial charge in [0.1, 0.15) is 5.75 Å². The van der Waals surface area contributed by atoms with Crippen molar-refractivity contribution >= 4 is 33.0 Å². The van der Waals surface area contributed by atoms with Gasteiger partial charge in [-0.3, -0.25) is 4.79 Å². The van der Waals surface area contributed by atoms with E-state index in [0.717, 1.165) is 6.26 Å². The Morgan fingerprint density at radius 3 is 2.65 bits per heavy atom. The molecule has 90 valence electrons. The van der Waals surface area contributed by atoms with E-state index in [1.807, 2.05) is 6.07 Å². The number of sulfone groups is 1. The smallest absolute Gasteiger partial charge is 0.239 e. The van der Waals surface area contributed by atoms with Crippen molar-refractivity contribution in [1.82, 2.24) is 0 Å². The topological polar surface area (TPSA) is 87.0 Å². The highest BCUT2D eigenvalue weighted by atomic mass is 35.5. The standard InChI is InChI=1S/C10H9ClN2O3S/c1-17(15,16)6-10(14)13-9-3-2-7(5-12)4-8(9)11/h2-4H,6H2,1H3,(H,13,14). The molecule has 0 radical (unpaired) electrons. The molecule has 0 atom stereocenters. The minimum Gasteiger partial charge on any atom is -0.324 e. The zero-order valence-corrected chi connectivity index (χ0v) is 10.5. The molecule has 1 aromatic carbocycles. The summed E-state index contributed by atoms with van der Waals surface area (Å²) in [6, 6.07) is 6.20. The predicted molar refractivity (Wildman–Crippen MR) is 64.5 cm³/mol. The van der Waals surface area contributed by atoms with Crippen molar-refractivity contribution < 1.29 is 13.2 Å². The fourth-order valence-electron chi connectivity index (χ4n) is 1.11. The van der Waals surface area contributed by atoms with Crippen LogP contribution in [0, 0.1) is 11.3 Å². The molecular weight excluding hydrogens is 264 g/mol. The Balaban J connectivity index is 2.83. The van der Waals surface area contributed by atoms with Gasteiger partial charge in [-0.15, -0.1) is 0 Å². The second-order valence-electron chi connectivity index (χ2n) is 3.42. The first-order valence-corrected chi connectivity index (χ1v) is 6.93. The molecule has 0 aliphatic heterocycles. The number of nitrogens with zero attached hydrogens (tertiary/aromatic N) is 1. The third-order valence-electron chi connectivity index (χ3n) is 1.77. The number of hydrogen-bond donors (Lipinski definition) is 1. The third-order valence-corrected chi connectivity index (χ3v) is 2.86. The molecule has 0 fully saturated rings.